The highest BCUT2D eigenvalue weighted by molar-refractivity contribution is 8.00. The second kappa shape index (κ2) is 6.67. The molecule has 1 saturated carbocycles. The smallest absolute Gasteiger partial charge is 0.143 e. The minimum absolute atomic E-state index is 0.107. The van der Waals surface area contributed by atoms with E-state index in [9.17, 15) is 5.11 Å². The topological polar surface area (TPSA) is 68.8 Å². The lowest BCUT2D eigenvalue weighted by molar-refractivity contribution is 0.254. The first-order valence-electron chi connectivity index (χ1n) is 9.91. The van der Waals surface area contributed by atoms with E-state index in [1.54, 1.807) is 28.7 Å². The summed E-state index contributed by atoms with van der Waals surface area (Å²) >= 11 is 1.77. The molecule has 1 atom stereocenters. The maximum absolute atomic E-state index is 15.2. The third-order valence-corrected chi connectivity index (χ3v) is 7.52. The summed E-state index contributed by atoms with van der Waals surface area (Å²) in [4.78, 5) is 0. The lowest BCUT2D eigenvalue weighted by atomic mass is 9.92. The number of aromatic nitrogens is 5. The van der Waals surface area contributed by atoms with Crippen molar-refractivity contribution in [2.24, 2.45) is 7.05 Å². The number of aryl methyl sites for hydroxylation is 1. The summed E-state index contributed by atoms with van der Waals surface area (Å²) in [5.74, 6) is 2.43. The predicted molar refractivity (Wildman–Crippen MR) is 110 cm³/mol. The minimum atomic E-state index is -0.395. The Kier molecular flexibility index (Phi) is 4.33. The van der Waals surface area contributed by atoms with Crippen LogP contribution in [0.25, 0.3) is 11.1 Å². The minimum Gasteiger partial charge on any atom is -0.395 e. The molecule has 6 nitrogen and oxygen atoms in total. The van der Waals surface area contributed by atoms with Gasteiger partial charge in [0.1, 0.15) is 17.5 Å². The van der Waals surface area contributed by atoms with Gasteiger partial charge in [-0.1, -0.05) is 12.1 Å². The van der Waals surface area contributed by atoms with E-state index in [0.717, 1.165) is 47.9 Å². The molecule has 1 aromatic carbocycles. The molecule has 0 spiro atoms. The van der Waals surface area contributed by atoms with Crippen molar-refractivity contribution in [2.75, 3.05) is 12.4 Å². The van der Waals surface area contributed by atoms with Crippen LogP contribution in [0.1, 0.15) is 37.0 Å². The van der Waals surface area contributed by atoms with Crippen LogP contribution >= 0.6 is 11.8 Å². The van der Waals surface area contributed by atoms with E-state index < -0.39 is 5.41 Å². The SMILES string of the molecule is Cn1cc(-c2ccc(C3(c4nnc5n4CCS[C@](C)(CO)C5)CC3)c(F)c2)cn1. The molecule has 1 aliphatic carbocycles. The van der Waals surface area contributed by atoms with E-state index in [4.69, 9.17) is 0 Å². The summed E-state index contributed by atoms with van der Waals surface area (Å²) in [6.45, 7) is 2.95. The Hall–Kier alpha value is -2.19. The fraction of sp³-hybridized carbons (Fsp3) is 0.476. The molecule has 0 radical (unpaired) electrons. The van der Waals surface area contributed by atoms with Crippen molar-refractivity contribution in [1.82, 2.24) is 24.5 Å². The van der Waals surface area contributed by atoms with Crippen molar-refractivity contribution in [3.05, 3.63) is 53.6 Å². The monoisotopic (exact) mass is 413 g/mol. The van der Waals surface area contributed by atoms with Crippen LogP contribution in [0.5, 0.6) is 0 Å². The first-order chi connectivity index (χ1) is 13.9. The maximum Gasteiger partial charge on any atom is 0.143 e. The molecule has 29 heavy (non-hydrogen) atoms. The normalized spacial score (nSPS) is 22.9. The third-order valence-electron chi connectivity index (χ3n) is 6.16. The van der Waals surface area contributed by atoms with E-state index in [0.29, 0.717) is 12.0 Å². The van der Waals surface area contributed by atoms with Crippen LogP contribution < -0.4 is 0 Å². The Morgan fingerprint density at radius 2 is 2.07 bits per heavy atom. The molecule has 1 fully saturated rings. The van der Waals surface area contributed by atoms with Crippen LogP contribution in [0.4, 0.5) is 4.39 Å². The average Bonchev–Trinajstić information content (AvgIpc) is 3.28. The zero-order valence-corrected chi connectivity index (χ0v) is 17.4. The molecule has 0 bridgehead atoms. The Morgan fingerprint density at radius 1 is 1.24 bits per heavy atom. The van der Waals surface area contributed by atoms with Crippen LogP contribution in [0.2, 0.25) is 0 Å². The van der Waals surface area contributed by atoms with Gasteiger partial charge in [0, 0.05) is 47.8 Å². The van der Waals surface area contributed by atoms with Gasteiger partial charge in [0.25, 0.3) is 0 Å². The standard InChI is InChI=1S/C21H24FN5OS/c1-20(13-28)10-18-24-25-19(27(18)7-8-29-20)21(5-6-21)16-4-3-14(9-17(16)22)15-11-23-26(2)12-15/h3-4,9,11-12,28H,5-8,10,13H2,1-2H3/t20-/m0/s1. The lowest BCUT2D eigenvalue weighted by Gasteiger charge is -2.23. The van der Waals surface area contributed by atoms with E-state index in [1.807, 2.05) is 25.4 Å². The highest BCUT2D eigenvalue weighted by Crippen LogP contribution is 2.54. The summed E-state index contributed by atoms with van der Waals surface area (Å²) in [5.41, 5.74) is 2.03. The third kappa shape index (κ3) is 3.09. The maximum atomic E-state index is 15.2. The number of fused-ring (bicyclic) bond motifs is 1. The highest BCUT2D eigenvalue weighted by atomic mass is 32.2. The Balaban J connectivity index is 1.52. The molecule has 5 rings (SSSR count). The Bertz CT molecular complexity index is 1070. The van der Waals surface area contributed by atoms with Gasteiger partial charge in [0.05, 0.1) is 18.2 Å². The number of benzene rings is 1. The molecule has 3 heterocycles. The van der Waals surface area contributed by atoms with Gasteiger partial charge in [-0.2, -0.15) is 16.9 Å². The van der Waals surface area contributed by atoms with Crippen molar-refractivity contribution >= 4 is 11.8 Å². The predicted octanol–water partition coefficient (Wildman–Crippen LogP) is 2.94. The highest BCUT2D eigenvalue weighted by Gasteiger charge is 2.52. The van der Waals surface area contributed by atoms with Crippen molar-refractivity contribution in [1.29, 1.82) is 0 Å². The zero-order valence-electron chi connectivity index (χ0n) is 16.6. The van der Waals surface area contributed by atoms with Gasteiger partial charge in [0.2, 0.25) is 0 Å². The Labute approximate surface area is 173 Å². The molecule has 152 valence electrons. The first kappa shape index (κ1) is 18.8. The lowest BCUT2D eigenvalue weighted by Crippen LogP contribution is -2.28. The number of aliphatic hydroxyl groups is 1. The summed E-state index contributed by atoms with van der Waals surface area (Å²) in [6, 6.07) is 5.47. The second-order valence-electron chi connectivity index (χ2n) is 8.40. The number of rotatable bonds is 4. The van der Waals surface area contributed by atoms with E-state index >= 15 is 4.39 Å². The zero-order chi connectivity index (χ0) is 20.2. The fourth-order valence-corrected chi connectivity index (χ4v) is 5.41. The molecule has 0 saturated heterocycles. The van der Waals surface area contributed by atoms with Gasteiger partial charge in [0.15, 0.2) is 0 Å². The van der Waals surface area contributed by atoms with Gasteiger partial charge in [-0.3, -0.25) is 4.68 Å². The van der Waals surface area contributed by atoms with Crippen LogP contribution in [-0.2, 0) is 25.4 Å². The molecule has 2 aliphatic rings. The number of halogens is 1. The molecular weight excluding hydrogens is 389 g/mol. The first-order valence-corrected chi connectivity index (χ1v) is 10.9. The van der Waals surface area contributed by atoms with E-state index in [2.05, 4.69) is 26.8 Å². The van der Waals surface area contributed by atoms with Crippen molar-refractivity contribution in [3.8, 4) is 11.1 Å². The molecular formula is C21H24FN5OS. The molecule has 3 aromatic rings. The number of aliphatic hydroxyl groups excluding tert-OH is 1. The van der Waals surface area contributed by atoms with Gasteiger partial charge >= 0.3 is 0 Å². The van der Waals surface area contributed by atoms with E-state index in [1.165, 1.54) is 0 Å². The quantitative estimate of drug-likeness (QED) is 0.712. The summed E-state index contributed by atoms with van der Waals surface area (Å²) < 4.78 is 18.9. The van der Waals surface area contributed by atoms with Gasteiger partial charge in [-0.25, -0.2) is 4.39 Å². The van der Waals surface area contributed by atoms with Crippen molar-refractivity contribution in [3.63, 3.8) is 0 Å². The second-order valence-corrected chi connectivity index (χ2v) is 10.1. The van der Waals surface area contributed by atoms with Crippen molar-refractivity contribution < 1.29 is 9.50 Å². The van der Waals surface area contributed by atoms with Crippen LogP contribution in [0.15, 0.2) is 30.6 Å². The van der Waals surface area contributed by atoms with Crippen LogP contribution in [-0.4, -0.2) is 46.8 Å². The van der Waals surface area contributed by atoms with E-state index in [-0.39, 0.29) is 17.2 Å². The van der Waals surface area contributed by atoms with Gasteiger partial charge in [-0.05, 0) is 31.4 Å². The largest absolute Gasteiger partial charge is 0.395 e. The molecule has 8 heteroatoms. The number of nitrogens with zero attached hydrogens (tertiary/aromatic N) is 5. The average molecular weight is 414 g/mol. The summed E-state index contributed by atoms with van der Waals surface area (Å²) in [6.07, 6.45) is 6.04. The Morgan fingerprint density at radius 3 is 2.72 bits per heavy atom. The number of hydrogen-bond donors (Lipinski definition) is 1. The van der Waals surface area contributed by atoms with Crippen molar-refractivity contribution in [2.45, 2.75) is 42.9 Å². The van der Waals surface area contributed by atoms with Crippen LogP contribution in [0.3, 0.4) is 0 Å². The summed E-state index contributed by atoms with van der Waals surface area (Å²) in [5, 5.41) is 22.9. The molecule has 0 unspecified atom stereocenters. The molecule has 1 aliphatic heterocycles. The van der Waals surface area contributed by atoms with Gasteiger partial charge < -0.3 is 9.67 Å². The number of hydrogen-bond acceptors (Lipinski definition) is 5. The fourth-order valence-electron chi connectivity index (χ4n) is 4.32. The molecule has 1 N–H and O–H groups in total. The number of thioether (sulfide) groups is 1. The molecule has 0 amide bonds. The van der Waals surface area contributed by atoms with Gasteiger partial charge in [-0.15, -0.1) is 10.2 Å². The molecule has 2 aromatic heterocycles. The van der Waals surface area contributed by atoms with Crippen LogP contribution in [0, 0.1) is 5.82 Å². The summed E-state index contributed by atoms with van der Waals surface area (Å²) in [7, 11) is 1.85.